The molecule has 0 unspecified atom stereocenters. The lowest BCUT2D eigenvalue weighted by Crippen LogP contribution is -2.38. The molecular weight excluding hydrogens is 198 g/mol. The Morgan fingerprint density at radius 2 is 2.53 bits per heavy atom. The molecule has 1 aliphatic heterocycles. The maximum atomic E-state index is 11.9. The fourth-order valence-electron chi connectivity index (χ4n) is 1.59. The molecule has 1 aliphatic rings. The predicted octanol–water partition coefficient (Wildman–Crippen LogP) is 1.42. The lowest BCUT2D eigenvalue weighted by atomic mass is 10.3. The smallest absolute Gasteiger partial charge is 0.315 e. The number of furan rings is 1. The summed E-state index contributed by atoms with van der Waals surface area (Å²) < 4.78 is 10.4. The first-order chi connectivity index (χ1) is 7.33. The van der Waals surface area contributed by atoms with Gasteiger partial charge >= 0.3 is 5.91 Å². The van der Waals surface area contributed by atoms with Crippen LogP contribution in [-0.4, -0.2) is 30.9 Å². The van der Waals surface area contributed by atoms with Gasteiger partial charge in [0.25, 0.3) is 0 Å². The Bertz CT molecular complexity index is 316. The highest BCUT2D eigenvalue weighted by molar-refractivity contribution is 5.90. The molecule has 0 spiro atoms. The van der Waals surface area contributed by atoms with Crippen molar-refractivity contribution < 1.29 is 18.8 Å². The Labute approximate surface area is 87.5 Å². The van der Waals surface area contributed by atoms with E-state index in [1.807, 2.05) is 0 Å². The van der Waals surface area contributed by atoms with Crippen LogP contribution >= 0.6 is 0 Å². The van der Waals surface area contributed by atoms with E-state index in [4.69, 9.17) is 14.0 Å². The first-order valence-electron chi connectivity index (χ1n) is 4.85. The first-order valence-corrected chi connectivity index (χ1v) is 4.85. The van der Waals surface area contributed by atoms with Crippen molar-refractivity contribution in [2.45, 2.75) is 19.1 Å². The number of carbonyl (C=O) groups excluding carboxylic acids is 1. The van der Waals surface area contributed by atoms with E-state index in [1.54, 1.807) is 12.1 Å². The first kappa shape index (κ1) is 10.2. The van der Waals surface area contributed by atoms with Gasteiger partial charge in [0.15, 0.2) is 12.0 Å². The molecule has 1 fully saturated rings. The highest BCUT2D eigenvalue weighted by Gasteiger charge is 2.30. The molecule has 1 saturated heterocycles. The minimum atomic E-state index is -0.311. The lowest BCUT2D eigenvalue weighted by molar-refractivity contribution is -0.187. The van der Waals surface area contributed by atoms with Crippen molar-refractivity contribution in [1.29, 1.82) is 0 Å². The summed E-state index contributed by atoms with van der Waals surface area (Å²) in [6.45, 7) is 0.663. The normalized spacial score (nSPS) is 20.5. The van der Waals surface area contributed by atoms with Gasteiger partial charge in [-0.3, -0.25) is 9.63 Å². The Balaban J connectivity index is 2.09. The van der Waals surface area contributed by atoms with Crippen molar-refractivity contribution in [1.82, 2.24) is 5.06 Å². The van der Waals surface area contributed by atoms with E-state index in [0.717, 1.165) is 12.8 Å². The van der Waals surface area contributed by atoms with Crippen LogP contribution in [0.4, 0.5) is 0 Å². The van der Waals surface area contributed by atoms with Gasteiger partial charge in [0.2, 0.25) is 0 Å². The van der Waals surface area contributed by atoms with E-state index < -0.39 is 0 Å². The van der Waals surface area contributed by atoms with E-state index in [9.17, 15) is 4.79 Å². The number of nitrogens with zero attached hydrogens (tertiary/aromatic N) is 1. The number of ether oxygens (including phenoxy) is 1. The van der Waals surface area contributed by atoms with E-state index in [0.29, 0.717) is 6.61 Å². The van der Waals surface area contributed by atoms with Crippen molar-refractivity contribution in [3.63, 3.8) is 0 Å². The largest absolute Gasteiger partial charge is 0.459 e. The van der Waals surface area contributed by atoms with Gasteiger partial charge in [-0.1, -0.05) is 0 Å². The molecule has 5 nitrogen and oxygen atoms in total. The van der Waals surface area contributed by atoms with Crippen LogP contribution in [0, 0.1) is 0 Å². The number of hydroxylamine groups is 2. The summed E-state index contributed by atoms with van der Waals surface area (Å²) in [7, 11) is 1.45. The van der Waals surface area contributed by atoms with Crippen LogP contribution in [0.2, 0.25) is 0 Å². The van der Waals surface area contributed by atoms with Crippen LogP contribution in [-0.2, 0) is 9.57 Å². The van der Waals surface area contributed by atoms with Gasteiger partial charge in [-0.2, -0.15) is 5.06 Å². The molecule has 1 atom stereocenters. The summed E-state index contributed by atoms with van der Waals surface area (Å²) >= 11 is 0. The maximum absolute atomic E-state index is 11.9. The summed E-state index contributed by atoms with van der Waals surface area (Å²) in [6, 6.07) is 3.26. The van der Waals surface area contributed by atoms with Crippen molar-refractivity contribution in [2.75, 3.05) is 13.7 Å². The van der Waals surface area contributed by atoms with E-state index >= 15 is 0 Å². The Kier molecular flexibility index (Phi) is 3.03. The van der Waals surface area contributed by atoms with Crippen molar-refractivity contribution in [3.05, 3.63) is 24.2 Å². The number of hydrogen-bond donors (Lipinski definition) is 0. The Hall–Kier alpha value is -1.33. The molecule has 1 aromatic rings. The minimum Gasteiger partial charge on any atom is -0.459 e. The molecule has 0 aliphatic carbocycles. The van der Waals surface area contributed by atoms with Crippen LogP contribution in [0.3, 0.4) is 0 Å². The molecule has 15 heavy (non-hydrogen) atoms. The molecular formula is C10H13NO4. The third-order valence-corrected chi connectivity index (χ3v) is 2.30. The second-order valence-electron chi connectivity index (χ2n) is 3.26. The number of amides is 1. The number of carbonyl (C=O) groups is 1. The topological polar surface area (TPSA) is 51.9 Å². The molecule has 2 heterocycles. The Morgan fingerprint density at radius 1 is 1.67 bits per heavy atom. The zero-order valence-electron chi connectivity index (χ0n) is 8.51. The lowest BCUT2D eigenvalue weighted by Gasteiger charge is -2.24. The Morgan fingerprint density at radius 3 is 3.07 bits per heavy atom. The van der Waals surface area contributed by atoms with E-state index in [-0.39, 0.29) is 17.9 Å². The molecule has 2 rings (SSSR count). The molecule has 0 aromatic carbocycles. The third-order valence-electron chi connectivity index (χ3n) is 2.30. The molecule has 0 bridgehead atoms. The van der Waals surface area contributed by atoms with Crippen LogP contribution in [0.1, 0.15) is 23.4 Å². The number of hydrogen-bond acceptors (Lipinski definition) is 4. The summed E-state index contributed by atoms with van der Waals surface area (Å²) in [5.41, 5.74) is 0. The van der Waals surface area contributed by atoms with Crippen LogP contribution < -0.4 is 0 Å². The van der Waals surface area contributed by atoms with Crippen molar-refractivity contribution in [3.8, 4) is 0 Å². The van der Waals surface area contributed by atoms with E-state index in [1.165, 1.54) is 18.4 Å². The quantitative estimate of drug-likeness (QED) is 0.709. The molecule has 1 aromatic heterocycles. The molecule has 0 N–H and O–H groups in total. The predicted molar refractivity (Wildman–Crippen MR) is 50.9 cm³/mol. The fraction of sp³-hybridized carbons (Fsp3) is 0.500. The van der Waals surface area contributed by atoms with Crippen LogP contribution in [0.15, 0.2) is 22.8 Å². The second kappa shape index (κ2) is 4.46. The summed E-state index contributed by atoms with van der Waals surface area (Å²) in [6.07, 6.45) is 2.89. The molecule has 1 amide bonds. The third kappa shape index (κ3) is 2.03. The summed E-state index contributed by atoms with van der Waals surface area (Å²) in [5.74, 6) is -0.0539. The van der Waals surface area contributed by atoms with Gasteiger partial charge in [-0.05, 0) is 25.0 Å². The summed E-state index contributed by atoms with van der Waals surface area (Å²) in [4.78, 5) is 16.9. The molecule has 0 saturated carbocycles. The van der Waals surface area contributed by atoms with Gasteiger partial charge in [0, 0.05) is 6.61 Å². The summed E-state index contributed by atoms with van der Waals surface area (Å²) in [5, 5.41) is 1.21. The van der Waals surface area contributed by atoms with Gasteiger partial charge in [0.05, 0.1) is 13.4 Å². The van der Waals surface area contributed by atoms with Crippen LogP contribution in [0.25, 0.3) is 0 Å². The number of rotatable bonds is 3. The monoisotopic (exact) mass is 211 g/mol. The second-order valence-corrected chi connectivity index (χ2v) is 3.26. The standard InChI is InChI=1S/C10H13NO4/c1-13-11(9-5-3-7-15-9)10(12)8-4-2-6-14-8/h2,4,6,9H,3,5,7H2,1H3/t9-/m1/s1. The average Bonchev–Trinajstić information content (AvgIpc) is 2.91. The average molecular weight is 211 g/mol. The van der Waals surface area contributed by atoms with Gasteiger partial charge in [-0.15, -0.1) is 0 Å². The fourth-order valence-corrected chi connectivity index (χ4v) is 1.59. The SMILES string of the molecule is CON(C(=O)c1ccco1)[C@H]1CCCO1. The highest BCUT2D eigenvalue weighted by atomic mass is 16.7. The highest BCUT2D eigenvalue weighted by Crippen LogP contribution is 2.19. The van der Waals surface area contributed by atoms with Gasteiger partial charge < -0.3 is 9.15 Å². The van der Waals surface area contributed by atoms with Crippen molar-refractivity contribution >= 4 is 5.91 Å². The molecule has 0 radical (unpaired) electrons. The van der Waals surface area contributed by atoms with Crippen molar-refractivity contribution in [2.24, 2.45) is 0 Å². The maximum Gasteiger partial charge on any atom is 0.315 e. The zero-order chi connectivity index (χ0) is 10.7. The van der Waals surface area contributed by atoms with Gasteiger partial charge in [-0.25, -0.2) is 0 Å². The van der Waals surface area contributed by atoms with Crippen LogP contribution in [0.5, 0.6) is 0 Å². The molecule has 82 valence electrons. The zero-order valence-corrected chi connectivity index (χ0v) is 8.51. The van der Waals surface area contributed by atoms with Gasteiger partial charge in [0.1, 0.15) is 0 Å². The minimum absolute atomic E-state index is 0.257. The molecule has 5 heteroatoms. The van der Waals surface area contributed by atoms with E-state index in [2.05, 4.69) is 0 Å².